The monoisotopic (exact) mass is 410 g/mol. The molecule has 0 aromatic heterocycles. The average Bonchev–Trinajstić information content (AvgIpc) is 2.77. The van der Waals surface area contributed by atoms with Crippen LogP contribution in [-0.4, -0.2) is 20.0 Å². The van der Waals surface area contributed by atoms with Crippen molar-refractivity contribution in [2.75, 3.05) is 20.0 Å². The molecule has 0 saturated heterocycles. The van der Waals surface area contributed by atoms with E-state index in [0.29, 0.717) is 0 Å². The standard InChI is InChI=1S/C24H26O2S2/c1-4-18-27-28-24(19-12-7-5-8-13-19,20-14-9-6-10-15-20)21-16-11-17-22(25-2)23(21)26-3/h5-17H,4,18H2,1-3H3. The Hall–Kier alpha value is -2.04. The van der Waals surface area contributed by atoms with Crippen LogP contribution in [0.4, 0.5) is 0 Å². The maximum absolute atomic E-state index is 5.88. The third-order valence-electron chi connectivity index (χ3n) is 4.61. The first kappa shape index (κ1) is 20.7. The van der Waals surface area contributed by atoms with Gasteiger partial charge in [0, 0.05) is 11.3 Å². The van der Waals surface area contributed by atoms with Gasteiger partial charge in [-0.15, -0.1) is 0 Å². The summed E-state index contributed by atoms with van der Waals surface area (Å²) in [5, 5.41) is 0. The lowest BCUT2D eigenvalue weighted by Gasteiger charge is -2.36. The van der Waals surface area contributed by atoms with Crippen molar-refractivity contribution in [2.24, 2.45) is 0 Å². The molecule has 0 spiro atoms. The van der Waals surface area contributed by atoms with E-state index in [1.807, 2.05) is 33.7 Å². The van der Waals surface area contributed by atoms with Crippen LogP contribution >= 0.6 is 21.6 Å². The molecular weight excluding hydrogens is 384 g/mol. The third kappa shape index (κ3) is 4.03. The van der Waals surface area contributed by atoms with Crippen LogP contribution in [-0.2, 0) is 4.75 Å². The summed E-state index contributed by atoms with van der Waals surface area (Å²) in [5.41, 5.74) is 3.54. The molecule has 0 aliphatic carbocycles. The second kappa shape index (κ2) is 9.94. The summed E-state index contributed by atoms with van der Waals surface area (Å²) in [5.74, 6) is 2.61. The second-order valence-corrected chi connectivity index (χ2v) is 8.99. The van der Waals surface area contributed by atoms with E-state index in [0.717, 1.165) is 29.2 Å². The predicted molar refractivity (Wildman–Crippen MR) is 123 cm³/mol. The van der Waals surface area contributed by atoms with Crippen LogP contribution in [0.15, 0.2) is 78.9 Å². The fourth-order valence-electron chi connectivity index (χ4n) is 3.34. The Morgan fingerprint density at radius 2 is 1.36 bits per heavy atom. The molecule has 3 aromatic rings. The summed E-state index contributed by atoms with van der Waals surface area (Å²) in [7, 11) is 7.18. The lowest BCUT2D eigenvalue weighted by Crippen LogP contribution is -2.25. The van der Waals surface area contributed by atoms with E-state index in [4.69, 9.17) is 9.47 Å². The SMILES string of the molecule is CCCSSC(c1ccccc1)(c1ccccc1)c1cccc(OC)c1OC. The van der Waals surface area contributed by atoms with Crippen molar-refractivity contribution in [3.8, 4) is 11.5 Å². The average molecular weight is 411 g/mol. The number of benzene rings is 3. The first-order chi connectivity index (χ1) is 13.8. The van der Waals surface area contributed by atoms with Gasteiger partial charge in [0.2, 0.25) is 0 Å². The molecule has 0 N–H and O–H groups in total. The number of ether oxygens (including phenoxy) is 2. The minimum atomic E-state index is -0.414. The van der Waals surface area contributed by atoms with E-state index in [1.54, 1.807) is 14.2 Å². The minimum absolute atomic E-state index is 0.414. The lowest BCUT2D eigenvalue weighted by atomic mass is 9.83. The fourth-order valence-corrected chi connectivity index (χ4v) is 6.61. The van der Waals surface area contributed by atoms with Crippen LogP contribution in [0.2, 0.25) is 0 Å². The highest BCUT2D eigenvalue weighted by atomic mass is 33.1. The first-order valence-electron chi connectivity index (χ1n) is 9.41. The van der Waals surface area contributed by atoms with E-state index < -0.39 is 4.75 Å². The Morgan fingerprint density at radius 3 is 1.86 bits per heavy atom. The molecule has 0 bridgehead atoms. The van der Waals surface area contributed by atoms with Gasteiger partial charge in [-0.05, 0) is 23.6 Å². The molecule has 3 aromatic carbocycles. The Balaban J connectivity index is 2.33. The van der Waals surface area contributed by atoms with Crippen LogP contribution in [0.1, 0.15) is 30.0 Å². The van der Waals surface area contributed by atoms with E-state index >= 15 is 0 Å². The van der Waals surface area contributed by atoms with Gasteiger partial charge in [-0.1, -0.05) is 101 Å². The summed E-state index contributed by atoms with van der Waals surface area (Å²) in [6.07, 6.45) is 1.13. The zero-order valence-electron chi connectivity index (χ0n) is 16.6. The molecule has 4 heteroatoms. The highest BCUT2D eigenvalue weighted by molar-refractivity contribution is 8.77. The molecular formula is C24H26O2S2. The number of hydrogen-bond acceptors (Lipinski definition) is 4. The van der Waals surface area contributed by atoms with Crippen molar-refractivity contribution >= 4 is 21.6 Å². The molecule has 0 radical (unpaired) electrons. The van der Waals surface area contributed by atoms with Gasteiger partial charge in [0.15, 0.2) is 11.5 Å². The largest absolute Gasteiger partial charge is 0.493 e. The molecule has 0 unspecified atom stereocenters. The van der Waals surface area contributed by atoms with Crippen LogP contribution in [0.25, 0.3) is 0 Å². The maximum Gasteiger partial charge on any atom is 0.166 e. The Morgan fingerprint density at radius 1 is 0.750 bits per heavy atom. The summed E-state index contributed by atoms with van der Waals surface area (Å²) < 4.78 is 11.1. The third-order valence-corrected chi connectivity index (χ3v) is 7.85. The topological polar surface area (TPSA) is 18.5 Å². The van der Waals surface area contributed by atoms with Gasteiger partial charge in [0.05, 0.1) is 14.2 Å². The molecule has 146 valence electrons. The molecule has 0 saturated carbocycles. The highest BCUT2D eigenvalue weighted by Crippen LogP contribution is 2.56. The van der Waals surface area contributed by atoms with Crippen molar-refractivity contribution in [3.05, 3.63) is 95.6 Å². The van der Waals surface area contributed by atoms with Gasteiger partial charge in [-0.3, -0.25) is 0 Å². The molecule has 0 aliphatic rings. The molecule has 0 amide bonds. The van der Waals surface area contributed by atoms with Crippen LogP contribution in [0.3, 0.4) is 0 Å². The molecule has 0 atom stereocenters. The maximum atomic E-state index is 5.88. The number of methoxy groups -OCH3 is 2. The van der Waals surface area contributed by atoms with Gasteiger partial charge in [-0.2, -0.15) is 0 Å². The van der Waals surface area contributed by atoms with Crippen LogP contribution < -0.4 is 9.47 Å². The number of para-hydroxylation sites is 1. The van der Waals surface area contributed by atoms with Crippen LogP contribution in [0.5, 0.6) is 11.5 Å². The number of hydrogen-bond donors (Lipinski definition) is 0. The van der Waals surface area contributed by atoms with Gasteiger partial charge in [-0.25, -0.2) is 0 Å². The molecule has 0 fully saturated rings. The Labute approximate surface area is 176 Å². The van der Waals surface area contributed by atoms with E-state index in [9.17, 15) is 0 Å². The molecule has 28 heavy (non-hydrogen) atoms. The summed E-state index contributed by atoms with van der Waals surface area (Å²) >= 11 is 0. The normalized spacial score (nSPS) is 11.2. The zero-order chi connectivity index (χ0) is 19.8. The van der Waals surface area contributed by atoms with Crippen molar-refractivity contribution in [1.29, 1.82) is 0 Å². The highest BCUT2D eigenvalue weighted by Gasteiger charge is 2.40. The van der Waals surface area contributed by atoms with E-state index in [1.165, 1.54) is 11.1 Å². The van der Waals surface area contributed by atoms with Crippen molar-refractivity contribution in [2.45, 2.75) is 18.1 Å². The van der Waals surface area contributed by atoms with E-state index in [-0.39, 0.29) is 0 Å². The van der Waals surface area contributed by atoms with Gasteiger partial charge in [0.1, 0.15) is 4.75 Å². The Kier molecular flexibility index (Phi) is 7.35. The lowest BCUT2D eigenvalue weighted by molar-refractivity contribution is 0.350. The molecule has 0 heterocycles. The smallest absolute Gasteiger partial charge is 0.166 e. The van der Waals surface area contributed by atoms with Crippen molar-refractivity contribution in [1.82, 2.24) is 0 Å². The van der Waals surface area contributed by atoms with Crippen molar-refractivity contribution < 1.29 is 9.47 Å². The molecule has 2 nitrogen and oxygen atoms in total. The first-order valence-corrected chi connectivity index (χ1v) is 11.7. The minimum Gasteiger partial charge on any atom is -0.493 e. The summed E-state index contributed by atoms with van der Waals surface area (Å²) in [6, 6.07) is 27.5. The zero-order valence-corrected chi connectivity index (χ0v) is 18.2. The quantitative estimate of drug-likeness (QED) is 0.220. The van der Waals surface area contributed by atoms with Crippen LogP contribution in [0, 0.1) is 0 Å². The van der Waals surface area contributed by atoms with Gasteiger partial charge >= 0.3 is 0 Å². The predicted octanol–water partition coefficient (Wildman–Crippen LogP) is 6.79. The Bertz CT molecular complexity index is 827. The molecule has 0 aliphatic heterocycles. The van der Waals surface area contributed by atoms with Gasteiger partial charge < -0.3 is 9.47 Å². The van der Waals surface area contributed by atoms with Gasteiger partial charge in [0.25, 0.3) is 0 Å². The number of rotatable bonds is 9. The van der Waals surface area contributed by atoms with E-state index in [2.05, 4.69) is 73.7 Å². The summed E-state index contributed by atoms with van der Waals surface area (Å²) in [4.78, 5) is 0. The second-order valence-electron chi connectivity index (χ2n) is 6.36. The fraction of sp³-hybridized carbons (Fsp3) is 0.250. The van der Waals surface area contributed by atoms with Crippen molar-refractivity contribution in [3.63, 3.8) is 0 Å². The molecule has 3 rings (SSSR count). The summed E-state index contributed by atoms with van der Waals surface area (Å²) in [6.45, 7) is 2.21.